The summed E-state index contributed by atoms with van der Waals surface area (Å²) in [5, 5.41) is 17.8. The Balaban J connectivity index is 1.49. The quantitative estimate of drug-likeness (QED) is 0.470. The molecule has 0 aliphatic carbocycles. The van der Waals surface area contributed by atoms with Gasteiger partial charge in [-0.1, -0.05) is 47.1 Å². The lowest BCUT2D eigenvalue weighted by atomic mass is 10.1. The van der Waals surface area contributed by atoms with E-state index in [0.29, 0.717) is 22.6 Å². The van der Waals surface area contributed by atoms with Gasteiger partial charge in [0.05, 0.1) is 11.4 Å². The molecular formula is C18H14ClN5OS. The van der Waals surface area contributed by atoms with Crippen molar-refractivity contribution >= 4 is 23.4 Å². The molecule has 0 atom stereocenters. The monoisotopic (exact) mass is 383 g/mol. The van der Waals surface area contributed by atoms with Crippen molar-refractivity contribution in [3.63, 3.8) is 0 Å². The van der Waals surface area contributed by atoms with Crippen molar-refractivity contribution in [1.29, 1.82) is 0 Å². The summed E-state index contributed by atoms with van der Waals surface area (Å²) >= 11 is 7.53. The number of rotatable bonds is 5. The number of hydrogen-bond acceptors (Lipinski definition) is 6. The summed E-state index contributed by atoms with van der Waals surface area (Å²) < 4.78 is 7.62. The van der Waals surface area contributed by atoms with Gasteiger partial charge in [-0.25, -0.2) is 0 Å². The molecule has 2 aromatic heterocycles. The van der Waals surface area contributed by atoms with E-state index < -0.39 is 0 Å². The Bertz CT molecular complexity index is 1030. The van der Waals surface area contributed by atoms with Gasteiger partial charge in [0.2, 0.25) is 11.8 Å². The van der Waals surface area contributed by atoms with Crippen LogP contribution in [0.3, 0.4) is 0 Å². The van der Waals surface area contributed by atoms with Gasteiger partial charge >= 0.3 is 0 Å². The van der Waals surface area contributed by atoms with Crippen LogP contribution in [0.15, 0.2) is 64.4 Å². The maximum Gasteiger partial charge on any atom is 0.247 e. The topological polar surface area (TPSA) is 69.6 Å². The first-order valence-corrected chi connectivity index (χ1v) is 9.23. The van der Waals surface area contributed by atoms with E-state index >= 15 is 0 Å². The Hall–Kier alpha value is -2.64. The highest BCUT2D eigenvalue weighted by atomic mass is 35.5. The van der Waals surface area contributed by atoms with Crippen molar-refractivity contribution in [2.45, 2.75) is 17.8 Å². The van der Waals surface area contributed by atoms with E-state index in [0.717, 1.165) is 16.4 Å². The van der Waals surface area contributed by atoms with Gasteiger partial charge in [-0.05, 0) is 37.3 Å². The summed E-state index contributed by atoms with van der Waals surface area (Å²) in [6.07, 6.45) is 1.65. The molecule has 2 aromatic carbocycles. The molecule has 0 aliphatic heterocycles. The summed E-state index contributed by atoms with van der Waals surface area (Å²) in [6, 6.07) is 15.5. The lowest BCUT2D eigenvalue weighted by Gasteiger charge is -2.05. The molecule has 0 amide bonds. The van der Waals surface area contributed by atoms with Gasteiger partial charge in [-0.15, -0.1) is 20.4 Å². The fraction of sp³-hybridized carbons (Fsp3) is 0.111. The van der Waals surface area contributed by atoms with E-state index in [-0.39, 0.29) is 0 Å². The molecule has 8 heteroatoms. The fourth-order valence-electron chi connectivity index (χ4n) is 2.38. The standard InChI is InChI=1S/C18H14ClN5OS/c1-12-5-7-13(8-6-12)17-22-21-16(25-17)10-26-18-23-20-11-24(18)15-4-2-3-14(19)9-15/h2-9,11H,10H2,1H3. The summed E-state index contributed by atoms with van der Waals surface area (Å²) in [4.78, 5) is 0. The molecule has 0 saturated heterocycles. The molecule has 0 aliphatic rings. The highest BCUT2D eigenvalue weighted by molar-refractivity contribution is 7.98. The minimum Gasteiger partial charge on any atom is -0.420 e. The molecule has 0 fully saturated rings. The Labute approximate surface area is 159 Å². The zero-order chi connectivity index (χ0) is 17.9. The summed E-state index contributed by atoms with van der Waals surface area (Å²) in [5.41, 5.74) is 2.99. The van der Waals surface area contributed by atoms with E-state index in [4.69, 9.17) is 16.0 Å². The van der Waals surface area contributed by atoms with Gasteiger partial charge in [0.15, 0.2) is 5.16 Å². The van der Waals surface area contributed by atoms with E-state index in [2.05, 4.69) is 20.4 Å². The molecular weight excluding hydrogens is 370 g/mol. The predicted octanol–water partition coefficient (Wildman–Crippen LogP) is 4.57. The van der Waals surface area contributed by atoms with E-state index in [9.17, 15) is 0 Å². The summed E-state index contributed by atoms with van der Waals surface area (Å²) in [7, 11) is 0. The molecule has 0 N–H and O–H groups in total. The van der Waals surface area contributed by atoms with Crippen molar-refractivity contribution in [3.8, 4) is 17.1 Å². The van der Waals surface area contributed by atoms with Gasteiger partial charge < -0.3 is 4.42 Å². The maximum absolute atomic E-state index is 6.06. The van der Waals surface area contributed by atoms with Crippen LogP contribution in [0.5, 0.6) is 0 Å². The number of aromatic nitrogens is 5. The normalized spacial score (nSPS) is 11.0. The third kappa shape index (κ3) is 3.63. The first-order chi connectivity index (χ1) is 12.7. The number of aryl methyl sites for hydroxylation is 1. The van der Waals surface area contributed by atoms with Gasteiger partial charge in [0.1, 0.15) is 6.33 Å². The third-order valence-corrected chi connectivity index (χ3v) is 4.86. The van der Waals surface area contributed by atoms with Crippen molar-refractivity contribution < 1.29 is 4.42 Å². The molecule has 26 heavy (non-hydrogen) atoms. The number of nitrogens with zero attached hydrogens (tertiary/aromatic N) is 5. The van der Waals surface area contributed by atoms with Crippen LogP contribution >= 0.6 is 23.4 Å². The van der Waals surface area contributed by atoms with Crippen molar-refractivity contribution in [3.05, 3.63) is 71.3 Å². The SMILES string of the molecule is Cc1ccc(-c2nnc(CSc3nncn3-c3cccc(Cl)c3)o2)cc1. The molecule has 0 saturated carbocycles. The van der Waals surface area contributed by atoms with Crippen molar-refractivity contribution in [2.75, 3.05) is 0 Å². The fourth-order valence-corrected chi connectivity index (χ4v) is 3.33. The molecule has 0 unspecified atom stereocenters. The second kappa shape index (κ2) is 7.31. The molecule has 4 aromatic rings. The molecule has 6 nitrogen and oxygen atoms in total. The van der Waals surface area contributed by atoms with E-state index in [1.54, 1.807) is 6.33 Å². The molecule has 130 valence electrons. The largest absolute Gasteiger partial charge is 0.420 e. The van der Waals surface area contributed by atoms with Gasteiger partial charge in [-0.2, -0.15) is 0 Å². The number of halogens is 1. The maximum atomic E-state index is 6.06. The number of thioether (sulfide) groups is 1. The minimum atomic E-state index is 0.498. The Morgan fingerprint density at radius 3 is 2.73 bits per heavy atom. The van der Waals surface area contributed by atoms with Crippen LogP contribution in [0.2, 0.25) is 5.02 Å². The van der Waals surface area contributed by atoms with Crippen molar-refractivity contribution in [1.82, 2.24) is 25.0 Å². The second-order valence-electron chi connectivity index (χ2n) is 5.62. The van der Waals surface area contributed by atoms with Crippen LogP contribution in [0.4, 0.5) is 0 Å². The highest BCUT2D eigenvalue weighted by Crippen LogP contribution is 2.26. The predicted molar refractivity (Wildman–Crippen MR) is 100 cm³/mol. The second-order valence-corrected chi connectivity index (χ2v) is 7.00. The van der Waals surface area contributed by atoms with Crippen LogP contribution in [-0.2, 0) is 5.75 Å². The first-order valence-electron chi connectivity index (χ1n) is 7.87. The highest BCUT2D eigenvalue weighted by Gasteiger charge is 2.12. The molecule has 0 bridgehead atoms. The summed E-state index contributed by atoms with van der Waals surface area (Å²) in [6.45, 7) is 2.04. The average molecular weight is 384 g/mol. The smallest absolute Gasteiger partial charge is 0.247 e. The molecule has 0 radical (unpaired) electrons. The average Bonchev–Trinajstić information content (AvgIpc) is 3.30. The summed E-state index contributed by atoms with van der Waals surface area (Å²) in [5.74, 6) is 1.54. The zero-order valence-electron chi connectivity index (χ0n) is 13.8. The number of benzene rings is 2. The minimum absolute atomic E-state index is 0.498. The molecule has 2 heterocycles. The van der Waals surface area contributed by atoms with Gasteiger partial charge in [0, 0.05) is 10.6 Å². The Morgan fingerprint density at radius 2 is 1.92 bits per heavy atom. The lowest BCUT2D eigenvalue weighted by Crippen LogP contribution is -1.95. The van der Waals surface area contributed by atoms with Crippen LogP contribution in [0.1, 0.15) is 11.5 Å². The molecule has 4 rings (SSSR count). The zero-order valence-corrected chi connectivity index (χ0v) is 15.4. The van der Waals surface area contributed by atoms with E-state index in [1.165, 1.54) is 17.3 Å². The lowest BCUT2D eigenvalue weighted by molar-refractivity contribution is 0.528. The van der Waals surface area contributed by atoms with Crippen LogP contribution in [0.25, 0.3) is 17.1 Å². The third-order valence-electron chi connectivity index (χ3n) is 3.69. The Morgan fingerprint density at radius 1 is 1.08 bits per heavy atom. The Kier molecular flexibility index (Phi) is 4.73. The van der Waals surface area contributed by atoms with Crippen LogP contribution in [-0.4, -0.2) is 25.0 Å². The van der Waals surface area contributed by atoms with Gasteiger partial charge in [0.25, 0.3) is 0 Å². The first kappa shape index (κ1) is 16.8. The van der Waals surface area contributed by atoms with Crippen LogP contribution in [0, 0.1) is 6.92 Å². The van der Waals surface area contributed by atoms with E-state index in [1.807, 2.05) is 60.0 Å². The molecule has 0 spiro atoms. The number of hydrogen-bond donors (Lipinski definition) is 0. The van der Waals surface area contributed by atoms with Crippen molar-refractivity contribution in [2.24, 2.45) is 0 Å². The van der Waals surface area contributed by atoms with Crippen LogP contribution < -0.4 is 0 Å². The van der Waals surface area contributed by atoms with Gasteiger partial charge in [-0.3, -0.25) is 4.57 Å².